The van der Waals surface area contributed by atoms with Gasteiger partial charge in [0.1, 0.15) is 0 Å². The fourth-order valence-corrected chi connectivity index (χ4v) is 3.18. The van der Waals surface area contributed by atoms with Crippen molar-refractivity contribution in [1.29, 1.82) is 0 Å². The molecule has 142 valence electrons. The van der Waals surface area contributed by atoms with E-state index < -0.39 is 10.7 Å². The molecule has 2 heterocycles. The van der Waals surface area contributed by atoms with E-state index in [0.29, 0.717) is 43.9 Å². The van der Waals surface area contributed by atoms with Gasteiger partial charge in [0.15, 0.2) is 5.58 Å². The second-order valence-electron chi connectivity index (χ2n) is 6.26. The van der Waals surface area contributed by atoms with Crippen molar-refractivity contribution in [1.82, 2.24) is 9.47 Å². The van der Waals surface area contributed by atoms with E-state index in [1.165, 1.54) is 22.8 Å². The summed E-state index contributed by atoms with van der Waals surface area (Å²) in [5.41, 5.74) is 6.17. The molecule has 0 spiro atoms. The van der Waals surface area contributed by atoms with Crippen LogP contribution in [0.1, 0.15) is 19.3 Å². The summed E-state index contributed by atoms with van der Waals surface area (Å²) in [7, 11) is 0. The van der Waals surface area contributed by atoms with Gasteiger partial charge < -0.3 is 15.1 Å². The van der Waals surface area contributed by atoms with Gasteiger partial charge >= 0.3 is 5.76 Å². The monoisotopic (exact) mass is 384 g/mol. The Balaban J connectivity index is 0.00000243. The van der Waals surface area contributed by atoms with Gasteiger partial charge in [-0.05, 0) is 31.4 Å². The van der Waals surface area contributed by atoms with Crippen molar-refractivity contribution in [3.63, 3.8) is 0 Å². The van der Waals surface area contributed by atoms with Crippen molar-refractivity contribution in [2.45, 2.75) is 25.8 Å². The zero-order valence-corrected chi connectivity index (χ0v) is 14.9. The summed E-state index contributed by atoms with van der Waals surface area (Å²) in [5.74, 6) is -0.139. The molecule has 1 saturated heterocycles. The minimum atomic E-state index is -0.577. The number of oxazole rings is 1. The van der Waals surface area contributed by atoms with Crippen LogP contribution in [0.3, 0.4) is 0 Å². The van der Waals surface area contributed by atoms with E-state index in [9.17, 15) is 19.7 Å². The largest absolute Gasteiger partial charge is 0.419 e. The highest BCUT2D eigenvalue weighted by atomic mass is 35.5. The lowest BCUT2D eigenvalue weighted by Gasteiger charge is -2.16. The number of benzene rings is 1. The molecule has 2 aromatic rings. The van der Waals surface area contributed by atoms with Gasteiger partial charge in [-0.15, -0.1) is 12.4 Å². The molecule has 1 aromatic carbocycles. The lowest BCUT2D eigenvalue weighted by molar-refractivity contribution is -0.384. The van der Waals surface area contributed by atoms with E-state index in [-0.39, 0.29) is 29.6 Å². The maximum atomic E-state index is 12.2. The van der Waals surface area contributed by atoms with E-state index in [4.69, 9.17) is 10.2 Å². The quantitative estimate of drug-likeness (QED) is 0.594. The average Bonchev–Trinajstić information content (AvgIpc) is 3.18. The van der Waals surface area contributed by atoms with Crippen LogP contribution in [0.5, 0.6) is 0 Å². The number of aromatic nitrogens is 1. The number of halogens is 1. The highest BCUT2D eigenvalue weighted by molar-refractivity contribution is 5.85. The maximum Gasteiger partial charge on any atom is 0.419 e. The minimum Gasteiger partial charge on any atom is -0.407 e. The Hall–Kier alpha value is -2.39. The Morgan fingerprint density at radius 3 is 2.85 bits per heavy atom. The van der Waals surface area contributed by atoms with E-state index in [1.54, 1.807) is 0 Å². The summed E-state index contributed by atoms with van der Waals surface area (Å²) in [4.78, 5) is 36.2. The molecule has 1 aliphatic heterocycles. The first-order valence-electron chi connectivity index (χ1n) is 8.25. The Kier molecular flexibility index (Phi) is 6.38. The number of nitrogens with two attached hydrogens (primary N) is 1. The number of carbonyl (C=O) groups excluding carboxylic acids is 1. The number of rotatable bonds is 6. The van der Waals surface area contributed by atoms with Crippen molar-refractivity contribution in [2.24, 2.45) is 11.7 Å². The smallest absolute Gasteiger partial charge is 0.407 e. The fraction of sp³-hybridized carbons (Fsp3) is 0.500. The van der Waals surface area contributed by atoms with E-state index in [2.05, 4.69) is 0 Å². The third-order valence-electron chi connectivity index (χ3n) is 4.61. The molecule has 3 rings (SSSR count). The van der Waals surface area contributed by atoms with Crippen molar-refractivity contribution in [2.75, 3.05) is 19.6 Å². The number of fused-ring (bicyclic) bond motifs is 1. The van der Waals surface area contributed by atoms with Gasteiger partial charge in [0.2, 0.25) is 5.91 Å². The second-order valence-corrected chi connectivity index (χ2v) is 6.26. The highest BCUT2D eigenvalue weighted by Crippen LogP contribution is 2.21. The van der Waals surface area contributed by atoms with Crippen molar-refractivity contribution < 1.29 is 14.1 Å². The molecular formula is C16H21ClN4O5. The van der Waals surface area contributed by atoms with Gasteiger partial charge in [-0.3, -0.25) is 19.5 Å². The van der Waals surface area contributed by atoms with Crippen molar-refractivity contribution in [3.05, 3.63) is 38.9 Å². The van der Waals surface area contributed by atoms with Crippen LogP contribution in [0, 0.1) is 16.0 Å². The number of hydrogen-bond donors (Lipinski definition) is 1. The molecule has 9 nitrogen and oxygen atoms in total. The standard InChI is InChI=1S/C16H20N4O5.ClH/c17-9-11-5-7-18(10-11)15(21)2-1-6-19-13-4-3-12(20(23)24)8-14(13)25-16(19)22;/h3-4,8,11H,1-2,5-7,9-10,17H2;1H. The molecule has 2 N–H and O–H groups in total. The van der Waals surface area contributed by atoms with Crippen LogP contribution >= 0.6 is 12.4 Å². The Labute approximate surface area is 155 Å². The van der Waals surface area contributed by atoms with Gasteiger partial charge in [0.05, 0.1) is 16.5 Å². The van der Waals surface area contributed by atoms with E-state index >= 15 is 0 Å². The van der Waals surface area contributed by atoms with Gasteiger partial charge in [0.25, 0.3) is 5.69 Å². The third kappa shape index (κ3) is 4.05. The number of nitrogens with zero attached hydrogens (tertiary/aromatic N) is 3. The number of amides is 1. The van der Waals surface area contributed by atoms with Crippen molar-refractivity contribution >= 4 is 35.1 Å². The Morgan fingerprint density at radius 2 is 2.19 bits per heavy atom. The van der Waals surface area contributed by atoms with Crippen LogP contribution in [0.25, 0.3) is 11.1 Å². The topological polar surface area (TPSA) is 125 Å². The zero-order chi connectivity index (χ0) is 18.0. The number of likely N-dealkylation sites (tertiary alicyclic amines) is 1. The summed E-state index contributed by atoms with van der Waals surface area (Å²) < 4.78 is 6.47. The van der Waals surface area contributed by atoms with Crippen LogP contribution in [-0.2, 0) is 11.3 Å². The van der Waals surface area contributed by atoms with Crippen LogP contribution in [0.15, 0.2) is 27.4 Å². The van der Waals surface area contributed by atoms with Crippen LogP contribution < -0.4 is 11.5 Å². The number of carbonyl (C=O) groups is 1. The Morgan fingerprint density at radius 1 is 1.42 bits per heavy atom. The molecule has 1 atom stereocenters. The number of nitro groups is 1. The molecule has 1 amide bonds. The van der Waals surface area contributed by atoms with Gasteiger partial charge in [-0.25, -0.2) is 4.79 Å². The zero-order valence-electron chi connectivity index (χ0n) is 14.1. The van der Waals surface area contributed by atoms with Gasteiger partial charge in [-0.1, -0.05) is 0 Å². The van der Waals surface area contributed by atoms with E-state index in [1.807, 2.05) is 4.90 Å². The molecule has 1 unspecified atom stereocenters. The van der Waals surface area contributed by atoms with Crippen LogP contribution in [-0.4, -0.2) is 39.9 Å². The van der Waals surface area contributed by atoms with Crippen LogP contribution in [0.4, 0.5) is 5.69 Å². The molecule has 1 fully saturated rings. The van der Waals surface area contributed by atoms with Gasteiger partial charge in [-0.2, -0.15) is 0 Å². The first-order valence-corrected chi connectivity index (χ1v) is 8.25. The predicted octanol–water partition coefficient (Wildman–Crippen LogP) is 1.51. The van der Waals surface area contributed by atoms with Crippen LogP contribution in [0.2, 0.25) is 0 Å². The average molecular weight is 385 g/mol. The lowest BCUT2D eigenvalue weighted by atomic mass is 10.1. The first kappa shape index (κ1) is 19.9. The molecule has 0 aliphatic carbocycles. The SMILES string of the molecule is Cl.NCC1CCN(C(=O)CCCn2c(=O)oc3cc([N+](=O)[O-])ccc32)C1. The summed E-state index contributed by atoms with van der Waals surface area (Å²) >= 11 is 0. The number of aryl methyl sites for hydroxylation is 1. The summed E-state index contributed by atoms with van der Waals surface area (Å²) in [6, 6.07) is 4.05. The first-order chi connectivity index (χ1) is 12.0. The highest BCUT2D eigenvalue weighted by Gasteiger charge is 2.24. The van der Waals surface area contributed by atoms with Gasteiger partial charge in [0, 0.05) is 32.1 Å². The fourth-order valence-electron chi connectivity index (χ4n) is 3.18. The Bertz CT molecular complexity index is 862. The maximum absolute atomic E-state index is 12.2. The second kappa shape index (κ2) is 8.33. The van der Waals surface area contributed by atoms with Crippen molar-refractivity contribution in [3.8, 4) is 0 Å². The summed E-state index contributed by atoms with van der Waals surface area (Å²) in [5, 5.41) is 10.8. The molecule has 0 saturated carbocycles. The van der Waals surface area contributed by atoms with E-state index in [0.717, 1.165) is 13.0 Å². The molecule has 0 radical (unpaired) electrons. The normalized spacial score (nSPS) is 16.7. The lowest BCUT2D eigenvalue weighted by Crippen LogP contribution is -2.30. The number of hydrogen-bond acceptors (Lipinski definition) is 6. The molecule has 10 heteroatoms. The molecule has 26 heavy (non-hydrogen) atoms. The number of non-ortho nitro benzene ring substituents is 1. The molecule has 1 aromatic heterocycles. The summed E-state index contributed by atoms with van der Waals surface area (Å²) in [6.07, 6.45) is 1.77. The number of nitro benzene ring substituents is 1. The predicted molar refractivity (Wildman–Crippen MR) is 97.4 cm³/mol. The molecule has 1 aliphatic rings. The minimum absolute atomic E-state index is 0. The molecule has 0 bridgehead atoms. The summed E-state index contributed by atoms with van der Waals surface area (Å²) in [6.45, 7) is 2.35. The molecular weight excluding hydrogens is 364 g/mol. The third-order valence-corrected chi connectivity index (χ3v) is 4.61.